The average molecular weight is 191 g/mol. The molecule has 52 valence electrons. The molecule has 0 aromatic rings. The van der Waals surface area contributed by atoms with Gasteiger partial charge in [-0.1, -0.05) is 22.5 Å². The van der Waals surface area contributed by atoms with E-state index < -0.39 is 0 Å². The molecule has 0 aromatic heterocycles. The van der Waals surface area contributed by atoms with Gasteiger partial charge in [0.05, 0.1) is 12.2 Å². The van der Waals surface area contributed by atoms with E-state index in [9.17, 15) is 0 Å². The van der Waals surface area contributed by atoms with Gasteiger partial charge in [0.2, 0.25) is 0 Å². The van der Waals surface area contributed by atoms with Gasteiger partial charge in [0.15, 0.2) is 0 Å². The first kappa shape index (κ1) is 7.29. The fourth-order valence-corrected chi connectivity index (χ4v) is 1.35. The van der Waals surface area contributed by atoms with Gasteiger partial charge in [-0.15, -0.1) is 0 Å². The quantitative estimate of drug-likeness (QED) is 0.455. The van der Waals surface area contributed by atoms with Crippen molar-refractivity contribution in [3.05, 3.63) is 12.2 Å². The van der Waals surface area contributed by atoms with Crippen LogP contribution in [0.15, 0.2) is 12.2 Å². The maximum Gasteiger partial charge on any atom is 0.0792 e. The lowest BCUT2D eigenvalue weighted by Crippen LogP contribution is -2.24. The highest BCUT2D eigenvalue weighted by molar-refractivity contribution is 9.09. The molecule has 0 aromatic carbocycles. The van der Waals surface area contributed by atoms with E-state index in [1.165, 1.54) is 5.57 Å². The Labute approximate surface area is 64.2 Å². The molecule has 1 saturated heterocycles. The van der Waals surface area contributed by atoms with Crippen LogP contribution in [0.2, 0.25) is 0 Å². The largest absolute Gasteiger partial charge is 0.370 e. The van der Waals surface area contributed by atoms with Crippen molar-refractivity contribution in [3.63, 3.8) is 0 Å². The van der Waals surface area contributed by atoms with Gasteiger partial charge >= 0.3 is 0 Å². The van der Waals surface area contributed by atoms with Gasteiger partial charge in [-0.05, 0) is 18.9 Å². The van der Waals surface area contributed by atoms with E-state index in [4.69, 9.17) is 4.74 Å². The van der Waals surface area contributed by atoms with Crippen molar-refractivity contribution in [2.45, 2.75) is 18.9 Å². The molecule has 9 heavy (non-hydrogen) atoms. The lowest BCUT2D eigenvalue weighted by atomic mass is 10.0. The Morgan fingerprint density at radius 1 is 1.89 bits per heavy atom. The molecular formula is C7H11BrO. The third kappa shape index (κ3) is 1.55. The Hall–Kier alpha value is 0.180. The fourth-order valence-electron chi connectivity index (χ4n) is 0.993. The van der Waals surface area contributed by atoms with Crippen molar-refractivity contribution in [1.29, 1.82) is 0 Å². The van der Waals surface area contributed by atoms with E-state index in [0.29, 0.717) is 0 Å². The maximum absolute atomic E-state index is 5.46. The molecule has 0 amide bonds. The molecule has 1 atom stereocenters. The molecule has 0 bridgehead atoms. The summed E-state index contributed by atoms with van der Waals surface area (Å²) in [5.74, 6) is 0. The van der Waals surface area contributed by atoms with Gasteiger partial charge < -0.3 is 4.74 Å². The van der Waals surface area contributed by atoms with Crippen LogP contribution in [-0.2, 0) is 4.74 Å². The van der Waals surface area contributed by atoms with Crippen molar-refractivity contribution in [3.8, 4) is 0 Å². The van der Waals surface area contributed by atoms with Crippen LogP contribution in [0, 0.1) is 0 Å². The monoisotopic (exact) mass is 190 g/mol. The van der Waals surface area contributed by atoms with Crippen LogP contribution in [0.3, 0.4) is 0 Å². The number of alkyl halides is 1. The normalized spacial score (nSPS) is 35.6. The first-order valence-electron chi connectivity index (χ1n) is 3.03. The second kappa shape index (κ2) is 2.43. The summed E-state index contributed by atoms with van der Waals surface area (Å²) in [6.45, 7) is 6.69. The molecule has 2 heteroatoms. The zero-order valence-corrected chi connectivity index (χ0v) is 7.20. The van der Waals surface area contributed by atoms with Gasteiger partial charge in [0.1, 0.15) is 0 Å². The van der Waals surface area contributed by atoms with Crippen LogP contribution in [0.4, 0.5) is 0 Å². The maximum atomic E-state index is 5.46. The van der Waals surface area contributed by atoms with Crippen LogP contribution >= 0.6 is 15.9 Å². The molecule has 1 aliphatic rings. The first-order valence-corrected chi connectivity index (χ1v) is 4.15. The van der Waals surface area contributed by atoms with E-state index in [0.717, 1.165) is 18.4 Å². The molecule has 0 radical (unpaired) electrons. The summed E-state index contributed by atoms with van der Waals surface area (Å²) >= 11 is 3.39. The molecule has 1 fully saturated rings. The third-order valence-corrected chi connectivity index (χ3v) is 2.72. The molecule has 0 aliphatic carbocycles. The zero-order valence-electron chi connectivity index (χ0n) is 5.61. The lowest BCUT2D eigenvalue weighted by molar-refractivity contribution is 0.0430. The Kier molecular flexibility index (Phi) is 1.97. The minimum atomic E-state index is 0.0249. The highest BCUT2D eigenvalue weighted by Crippen LogP contribution is 2.29. The van der Waals surface area contributed by atoms with E-state index in [2.05, 4.69) is 29.4 Å². The van der Waals surface area contributed by atoms with Gasteiger partial charge in [-0.2, -0.15) is 0 Å². The highest BCUT2D eigenvalue weighted by atomic mass is 79.9. The number of rotatable bonds is 1. The average Bonchev–Trinajstić information content (AvgIpc) is 2.13. The first-order chi connectivity index (χ1) is 4.16. The van der Waals surface area contributed by atoms with Crippen molar-refractivity contribution in [1.82, 2.24) is 0 Å². The van der Waals surface area contributed by atoms with Crippen molar-refractivity contribution in [2.75, 3.05) is 11.9 Å². The molecule has 0 saturated carbocycles. The standard InChI is InChI=1S/C7H11BrO/c1-6-3-7(2,5-8)9-4-6/h1,3-5H2,2H3. The molecule has 1 nitrogen and oxygen atoms in total. The predicted molar refractivity (Wildman–Crippen MR) is 41.9 cm³/mol. The van der Waals surface area contributed by atoms with Crippen molar-refractivity contribution < 1.29 is 4.74 Å². The van der Waals surface area contributed by atoms with Crippen LogP contribution in [0.1, 0.15) is 13.3 Å². The van der Waals surface area contributed by atoms with Crippen LogP contribution in [-0.4, -0.2) is 17.5 Å². The second-order valence-electron chi connectivity index (χ2n) is 2.80. The lowest BCUT2D eigenvalue weighted by Gasteiger charge is -2.18. The van der Waals surface area contributed by atoms with E-state index in [1.807, 2.05) is 0 Å². The van der Waals surface area contributed by atoms with E-state index in [-0.39, 0.29) is 5.60 Å². The van der Waals surface area contributed by atoms with Gasteiger partial charge in [0.25, 0.3) is 0 Å². The topological polar surface area (TPSA) is 9.23 Å². The Morgan fingerprint density at radius 3 is 2.78 bits per heavy atom. The predicted octanol–water partition coefficient (Wildman–Crippen LogP) is 2.12. The molecule has 1 heterocycles. The molecule has 0 spiro atoms. The Morgan fingerprint density at radius 2 is 2.56 bits per heavy atom. The molecule has 1 rings (SSSR count). The van der Waals surface area contributed by atoms with E-state index >= 15 is 0 Å². The van der Waals surface area contributed by atoms with E-state index in [1.54, 1.807) is 0 Å². The highest BCUT2D eigenvalue weighted by Gasteiger charge is 2.30. The van der Waals surface area contributed by atoms with Crippen molar-refractivity contribution >= 4 is 15.9 Å². The van der Waals surface area contributed by atoms with Gasteiger partial charge in [-0.3, -0.25) is 0 Å². The number of halogens is 1. The summed E-state index contributed by atoms with van der Waals surface area (Å²) in [5.41, 5.74) is 1.23. The van der Waals surface area contributed by atoms with Crippen LogP contribution in [0.5, 0.6) is 0 Å². The second-order valence-corrected chi connectivity index (χ2v) is 3.36. The molecular weight excluding hydrogens is 180 g/mol. The smallest absolute Gasteiger partial charge is 0.0792 e. The summed E-state index contributed by atoms with van der Waals surface area (Å²) < 4.78 is 5.46. The number of hydrogen-bond acceptors (Lipinski definition) is 1. The Bertz CT molecular complexity index is 133. The number of hydrogen-bond donors (Lipinski definition) is 0. The number of ether oxygens (including phenoxy) is 1. The third-order valence-electron chi connectivity index (χ3n) is 1.53. The molecule has 1 unspecified atom stereocenters. The summed E-state index contributed by atoms with van der Waals surface area (Å²) in [6.07, 6.45) is 0.998. The summed E-state index contributed by atoms with van der Waals surface area (Å²) in [6, 6.07) is 0. The summed E-state index contributed by atoms with van der Waals surface area (Å²) in [5, 5.41) is 0.902. The van der Waals surface area contributed by atoms with Crippen LogP contribution in [0.25, 0.3) is 0 Å². The zero-order chi connectivity index (χ0) is 6.91. The summed E-state index contributed by atoms with van der Waals surface area (Å²) in [4.78, 5) is 0. The SMILES string of the molecule is C=C1COC(C)(CBr)C1. The molecule has 1 aliphatic heterocycles. The molecule has 0 N–H and O–H groups in total. The summed E-state index contributed by atoms with van der Waals surface area (Å²) in [7, 11) is 0. The van der Waals surface area contributed by atoms with Gasteiger partial charge in [-0.25, -0.2) is 0 Å². The minimum absolute atomic E-state index is 0.0249. The van der Waals surface area contributed by atoms with Crippen LogP contribution < -0.4 is 0 Å². The Balaban J connectivity index is 2.54. The van der Waals surface area contributed by atoms with Crippen molar-refractivity contribution in [2.24, 2.45) is 0 Å². The van der Waals surface area contributed by atoms with Gasteiger partial charge in [0, 0.05) is 5.33 Å². The fraction of sp³-hybridized carbons (Fsp3) is 0.714. The minimum Gasteiger partial charge on any atom is -0.370 e.